The van der Waals surface area contributed by atoms with Crippen LogP contribution in [0.2, 0.25) is 0 Å². The molecule has 1 aromatic heterocycles. The molecule has 0 unspecified atom stereocenters. The summed E-state index contributed by atoms with van der Waals surface area (Å²) in [6.45, 7) is -0.668. The number of aliphatic hydroxyl groups excluding tert-OH is 3. The Morgan fingerprint density at radius 3 is 2.50 bits per heavy atom. The van der Waals surface area contributed by atoms with Crippen LogP contribution in [0.15, 0.2) is 42.6 Å². The van der Waals surface area contributed by atoms with Crippen molar-refractivity contribution in [3.63, 3.8) is 0 Å². The summed E-state index contributed by atoms with van der Waals surface area (Å²) in [5.41, 5.74) is 0.697. The summed E-state index contributed by atoms with van der Waals surface area (Å²) in [6.07, 6.45) is -2.46. The molecule has 1 aliphatic carbocycles. The molecular weight excluding hydrogens is 580 g/mol. The summed E-state index contributed by atoms with van der Waals surface area (Å²) in [5, 5.41) is 50.1. The van der Waals surface area contributed by atoms with Crippen molar-refractivity contribution in [3.8, 4) is 23.1 Å². The van der Waals surface area contributed by atoms with Crippen LogP contribution in [0, 0.1) is 23.0 Å². The summed E-state index contributed by atoms with van der Waals surface area (Å²) in [6, 6.07) is 7.69. The second-order valence-corrected chi connectivity index (χ2v) is 10.9. The summed E-state index contributed by atoms with van der Waals surface area (Å²) < 4.78 is 46.1. The quantitative estimate of drug-likeness (QED) is 0.343. The predicted molar refractivity (Wildman–Crippen MR) is 150 cm³/mol. The number of carbonyl (C=O) groups is 1. The van der Waals surface area contributed by atoms with Gasteiger partial charge in [-0.3, -0.25) is 4.79 Å². The van der Waals surface area contributed by atoms with Crippen LogP contribution >= 0.6 is 0 Å². The number of anilines is 1. The van der Waals surface area contributed by atoms with Gasteiger partial charge >= 0.3 is 0 Å². The summed E-state index contributed by atoms with van der Waals surface area (Å²) in [4.78, 5) is 15.9. The normalized spacial score (nSPS) is 27.0. The second-order valence-electron chi connectivity index (χ2n) is 10.9. The number of ether oxygens (including phenoxy) is 3. The first-order valence-electron chi connectivity index (χ1n) is 14.1. The minimum absolute atomic E-state index is 0.0905. The lowest BCUT2D eigenvalue weighted by molar-refractivity contribution is -0.211. The Bertz CT molecular complexity index is 1510. The van der Waals surface area contributed by atoms with Crippen molar-refractivity contribution in [3.05, 3.63) is 59.8 Å². The van der Waals surface area contributed by atoms with Gasteiger partial charge in [0.25, 0.3) is 5.91 Å². The van der Waals surface area contributed by atoms with Gasteiger partial charge in [0.1, 0.15) is 47.4 Å². The molecular formula is C30H33F2N5O7. The number of methoxy groups -OCH3 is 2. The van der Waals surface area contributed by atoms with E-state index in [2.05, 4.69) is 16.4 Å². The highest BCUT2D eigenvalue weighted by Gasteiger charge is 2.52. The highest BCUT2D eigenvalue weighted by atomic mass is 19.1. The molecule has 14 heteroatoms. The lowest BCUT2D eigenvalue weighted by atomic mass is 9.88. The van der Waals surface area contributed by atoms with E-state index in [0.717, 1.165) is 31.0 Å². The first-order valence-corrected chi connectivity index (χ1v) is 14.1. The molecule has 2 aliphatic rings. The summed E-state index contributed by atoms with van der Waals surface area (Å²) >= 11 is 0. The molecule has 1 saturated carbocycles. The maximum Gasteiger partial charge on any atom is 0.259 e. The van der Waals surface area contributed by atoms with Crippen molar-refractivity contribution in [1.29, 1.82) is 5.26 Å². The SMILES string of the molecule is COc1cc(C#N)cc(N(C(=O)[C@@H]2O[C@H](CO)[C@H](O)[C@H](n3cc(-c4cc(F)cc(F)c4)nn3)[C@H]2OC)[C@H]2CCCC[C@@H]2O)c1. The fraction of sp³-hybridized carbons (Fsp3) is 0.467. The lowest BCUT2D eigenvalue weighted by Crippen LogP contribution is -2.63. The average molecular weight is 614 g/mol. The zero-order valence-electron chi connectivity index (χ0n) is 24.1. The number of halogens is 2. The molecule has 2 fully saturated rings. The second kappa shape index (κ2) is 13.3. The average Bonchev–Trinajstić information content (AvgIpc) is 3.51. The van der Waals surface area contributed by atoms with Crippen LogP contribution in [0.3, 0.4) is 0 Å². The number of nitrogens with zero attached hydrogens (tertiary/aromatic N) is 5. The fourth-order valence-electron chi connectivity index (χ4n) is 6.03. The van der Waals surface area contributed by atoms with Crippen LogP contribution in [0.1, 0.15) is 37.3 Å². The molecule has 5 rings (SSSR count). The molecule has 1 aliphatic heterocycles. The molecule has 0 radical (unpaired) electrons. The van der Waals surface area contributed by atoms with E-state index in [1.165, 1.54) is 42.1 Å². The van der Waals surface area contributed by atoms with Crippen LogP contribution in [0.4, 0.5) is 14.5 Å². The van der Waals surface area contributed by atoms with Gasteiger partial charge in [-0.1, -0.05) is 18.1 Å². The van der Waals surface area contributed by atoms with E-state index in [-0.39, 0.29) is 22.5 Å². The van der Waals surface area contributed by atoms with E-state index in [0.29, 0.717) is 18.6 Å². The number of hydrogen-bond acceptors (Lipinski definition) is 10. The number of nitriles is 1. The minimum Gasteiger partial charge on any atom is -0.497 e. The third kappa shape index (κ3) is 6.15. The Hall–Kier alpha value is -4.00. The standard InChI is InChI=1S/C30H33F2N5O7/c1-42-21-8-16(13-33)7-20(12-21)37(23-5-3-4-6-24(23)39)30(41)29-28(43-2)26(27(40)25(15-38)44-29)36-14-22(34-35-36)17-9-18(31)11-19(32)10-17/h7-12,14,23-29,38-40H,3-6,15H2,1-2H3/t23-,24-,25+,26-,27-,28+,29+/m0/s1. The number of rotatable bonds is 8. The zero-order chi connectivity index (χ0) is 31.5. The van der Waals surface area contributed by atoms with E-state index in [9.17, 15) is 34.2 Å². The monoisotopic (exact) mass is 613 g/mol. The molecule has 3 aromatic rings. The van der Waals surface area contributed by atoms with Gasteiger partial charge in [-0.05, 0) is 37.1 Å². The van der Waals surface area contributed by atoms with Gasteiger partial charge in [-0.25, -0.2) is 13.5 Å². The Labute approximate surface area is 252 Å². The van der Waals surface area contributed by atoms with Gasteiger partial charge in [-0.15, -0.1) is 5.10 Å². The Kier molecular flexibility index (Phi) is 9.52. The van der Waals surface area contributed by atoms with Gasteiger partial charge in [0.15, 0.2) is 6.10 Å². The van der Waals surface area contributed by atoms with Gasteiger partial charge in [0.2, 0.25) is 0 Å². The van der Waals surface area contributed by atoms with Crippen molar-refractivity contribution in [2.24, 2.45) is 0 Å². The third-order valence-electron chi connectivity index (χ3n) is 8.15. The van der Waals surface area contributed by atoms with Crippen molar-refractivity contribution in [1.82, 2.24) is 15.0 Å². The van der Waals surface area contributed by atoms with E-state index in [4.69, 9.17) is 14.2 Å². The molecule has 7 atom stereocenters. The molecule has 2 heterocycles. The first kappa shape index (κ1) is 31.4. The highest BCUT2D eigenvalue weighted by molar-refractivity contribution is 5.98. The predicted octanol–water partition coefficient (Wildman–Crippen LogP) is 2.12. The molecule has 44 heavy (non-hydrogen) atoms. The zero-order valence-corrected chi connectivity index (χ0v) is 24.1. The molecule has 234 valence electrons. The molecule has 2 aromatic carbocycles. The fourth-order valence-corrected chi connectivity index (χ4v) is 6.03. The van der Waals surface area contributed by atoms with Gasteiger partial charge in [0, 0.05) is 30.5 Å². The van der Waals surface area contributed by atoms with Crippen LogP contribution in [-0.2, 0) is 14.3 Å². The minimum atomic E-state index is -1.44. The van der Waals surface area contributed by atoms with Crippen molar-refractivity contribution in [2.45, 2.75) is 68.3 Å². The van der Waals surface area contributed by atoms with E-state index in [1.807, 2.05) is 0 Å². The Morgan fingerprint density at radius 2 is 1.86 bits per heavy atom. The van der Waals surface area contributed by atoms with Crippen LogP contribution in [0.5, 0.6) is 5.75 Å². The summed E-state index contributed by atoms with van der Waals surface area (Å²) in [7, 11) is 2.74. The Balaban J connectivity index is 1.57. The molecule has 1 amide bonds. The molecule has 1 saturated heterocycles. The van der Waals surface area contributed by atoms with Gasteiger partial charge in [0.05, 0.1) is 43.7 Å². The topological polar surface area (TPSA) is 163 Å². The first-order chi connectivity index (χ1) is 21.2. The van der Waals surface area contributed by atoms with Gasteiger partial charge in [-0.2, -0.15) is 5.26 Å². The smallest absolute Gasteiger partial charge is 0.259 e. The van der Waals surface area contributed by atoms with E-state index >= 15 is 0 Å². The number of aromatic nitrogens is 3. The number of amides is 1. The number of carbonyl (C=O) groups excluding carboxylic acids is 1. The van der Waals surface area contributed by atoms with E-state index < -0.39 is 66.8 Å². The maximum atomic E-state index is 14.6. The highest BCUT2D eigenvalue weighted by Crippen LogP contribution is 2.37. The third-order valence-corrected chi connectivity index (χ3v) is 8.15. The van der Waals surface area contributed by atoms with E-state index in [1.54, 1.807) is 6.07 Å². The van der Waals surface area contributed by atoms with Crippen LogP contribution in [0.25, 0.3) is 11.3 Å². The largest absolute Gasteiger partial charge is 0.497 e. The maximum absolute atomic E-state index is 14.6. The lowest BCUT2D eigenvalue weighted by Gasteiger charge is -2.46. The van der Waals surface area contributed by atoms with Crippen molar-refractivity contribution >= 4 is 11.6 Å². The summed E-state index contributed by atoms with van der Waals surface area (Å²) in [5.74, 6) is -1.96. The molecule has 0 spiro atoms. The number of hydrogen-bond donors (Lipinski definition) is 3. The number of benzene rings is 2. The Morgan fingerprint density at radius 1 is 1.14 bits per heavy atom. The van der Waals surface area contributed by atoms with Crippen molar-refractivity contribution < 1.29 is 43.1 Å². The molecule has 3 N–H and O–H groups in total. The van der Waals surface area contributed by atoms with Crippen LogP contribution < -0.4 is 9.64 Å². The van der Waals surface area contributed by atoms with Crippen molar-refractivity contribution in [2.75, 3.05) is 25.7 Å². The van der Waals surface area contributed by atoms with Gasteiger partial charge < -0.3 is 34.4 Å². The molecule has 12 nitrogen and oxygen atoms in total. The number of aliphatic hydroxyl groups is 3. The molecule has 0 bridgehead atoms. The van der Waals surface area contributed by atoms with Crippen LogP contribution in [-0.4, -0.2) is 93.6 Å².